The highest BCUT2D eigenvalue weighted by molar-refractivity contribution is 6.46. The molecule has 0 aliphatic carbocycles. The van der Waals surface area contributed by atoms with Gasteiger partial charge in [-0.2, -0.15) is 0 Å². The summed E-state index contributed by atoms with van der Waals surface area (Å²) in [5.41, 5.74) is 4.80. The van der Waals surface area contributed by atoms with Crippen LogP contribution in [0, 0.1) is 6.92 Å². The maximum absolute atomic E-state index is 13.4. The van der Waals surface area contributed by atoms with E-state index in [9.17, 15) is 14.7 Å². The molecule has 1 amide bonds. The Balaban J connectivity index is 1.64. The van der Waals surface area contributed by atoms with E-state index in [0.717, 1.165) is 23.1 Å². The number of imidazole rings is 1. The Labute approximate surface area is 204 Å². The molecule has 1 N–H and O–H groups in total. The van der Waals surface area contributed by atoms with Crippen molar-refractivity contribution < 1.29 is 14.7 Å². The minimum atomic E-state index is -0.682. The van der Waals surface area contributed by atoms with E-state index in [1.54, 1.807) is 22.4 Å². The van der Waals surface area contributed by atoms with Crippen molar-refractivity contribution in [2.75, 3.05) is 6.54 Å². The van der Waals surface area contributed by atoms with Crippen LogP contribution < -0.4 is 0 Å². The molecule has 1 atom stereocenters. The van der Waals surface area contributed by atoms with Gasteiger partial charge in [-0.25, -0.2) is 4.98 Å². The minimum Gasteiger partial charge on any atom is -0.505 e. The molecule has 1 fully saturated rings. The second-order valence-electron chi connectivity index (χ2n) is 8.80. The number of nitrogens with zero attached hydrogens (tertiary/aromatic N) is 3. The van der Waals surface area contributed by atoms with Crippen LogP contribution in [0.4, 0.5) is 0 Å². The molecule has 0 bridgehead atoms. The average Bonchev–Trinajstić information content (AvgIpc) is 3.35. The Morgan fingerprint density at radius 2 is 1.66 bits per heavy atom. The first-order valence-electron chi connectivity index (χ1n) is 11.8. The van der Waals surface area contributed by atoms with Gasteiger partial charge < -0.3 is 10.0 Å². The zero-order valence-electron chi connectivity index (χ0n) is 19.8. The zero-order valence-corrected chi connectivity index (χ0v) is 19.8. The first-order valence-corrected chi connectivity index (χ1v) is 11.8. The number of likely N-dealkylation sites (tertiary alicyclic amines) is 1. The lowest BCUT2D eigenvalue weighted by Crippen LogP contribution is -2.31. The maximum Gasteiger partial charge on any atom is 0.295 e. The van der Waals surface area contributed by atoms with Crippen molar-refractivity contribution in [1.29, 1.82) is 0 Å². The number of pyridine rings is 1. The Morgan fingerprint density at radius 3 is 2.37 bits per heavy atom. The van der Waals surface area contributed by atoms with Crippen molar-refractivity contribution in [2.45, 2.75) is 32.7 Å². The van der Waals surface area contributed by atoms with E-state index in [2.05, 4.69) is 11.9 Å². The molecule has 6 nitrogen and oxygen atoms in total. The number of aryl methyl sites for hydroxylation is 2. The number of aromatic nitrogens is 2. The zero-order chi connectivity index (χ0) is 24.5. The molecule has 35 heavy (non-hydrogen) atoms. The molecule has 2 aromatic heterocycles. The Morgan fingerprint density at radius 1 is 0.943 bits per heavy atom. The quantitative estimate of drug-likeness (QED) is 0.250. The highest BCUT2D eigenvalue weighted by atomic mass is 16.3. The average molecular weight is 466 g/mol. The number of hydrogen-bond acceptors (Lipinski definition) is 4. The lowest BCUT2D eigenvalue weighted by molar-refractivity contribution is -0.139. The molecule has 1 aliphatic rings. The molecule has 0 radical (unpaired) electrons. The summed E-state index contributed by atoms with van der Waals surface area (Å²) in [7, 11) is 0. The molecule has 0 spiro atoms. The maximum atomic E-state index is 13.4. The first-order chi connectivity index (χ1) is 17.0. The summed E-state index contributed by atoms with van der Waals surface area (Å²) in [5.74, 6) is -1.48. The number of Topliss-reactive ketones (excluding diaryl/α,β-unsaturated/α-hetero) is 1. The Kier molecular flexibility index (Phi) is 5.95. The lowest BCUT2D eigenvalue weighted by atomic mass is 9.95. The van der Waals surface area contributed by atoms with E-state index in [-0.39, 0.29) is 11.3 Å². The van der Waals surface area contributed by atoms with Crippen LogP contribution in [-0.2, 0) is 22.4 Å². The summed E-state index contributed by atoms with van der Waals surface area (Å²) in [6.07, 6.45) is 3.28. The second kappa shape index (κ2) is 9.22. The fourth-order valence-corrected chi connectivity index (χ4v) is 4.81. The SMILES string of the molecule is CCc1ccc(C2C(=C(O)c3c(C)nc4ccccn34)C(=O)C(=O)N2CCc2ccccc2)cc1. The molecule has 2 aromatic carbocycles. The molecule has 176 valence electrons. The molecule has 1 unspecified atom stereocenters. The number of amides is 1. The fourth-order valence-electron chi connectivity index (χ4n) is 4.81. The van der Waals surface area contributed by atoms with E-state index in [4.69, 9.17) is 0 Å². The van der Waals surface area contributed by atoms with E-state index < -0.39 is 17.7 Å². The molecule has 4 aromatic rings. The third-order valence-corrected chi connectivity index (χ3v) is 6.66. The van der Waals surface area contributed by atoms with Crippen LogP contribution >= 0.6 is 0 Å². The van der Waals surface area contributed by atoms with Crippen molar-refractivity contribution in [3.05, 3.63) is 113 Å². The van der Waals surface area contributed by atoms with Gasteiger partial charge in [-0.1, -0.05) is 67.6 Å². The highest BCUT2D eigenvalue weighted by Gasteiger charge is 2.46. The predicted octanol–water partition coefficient (Wildman–Crippen LogP) is 4.87. The fraction of sp³-hybridized carbons (Fsp3) is 0.207. The number of benzene rings is 2. The second-order valence-corrected chi connectivity index (χ2v) is 8.80. The smallest absolute Gasteiger partial charge is 0.295 e. The van der Waals surface area contributed by atoms with Gasteiger partial charge in [-0.15, -0.1) is 0 Å². The molecule has 0 saturated carbocycles. The highest BCUT2D eigenvalue weighted by Crippen LogP contribution is 2.40. The van der Waals surface area contributed by atoms with Crippen LogP contribution in [-0.4, -0.2) is 37.6 Å². The van der Waals surface area contributed by atoms with E-state index >= 15 is 0 Å². The number of carbonyl (C=O) groups excluding carboxylic acids is 2. The van der Waals surface area contributed by atoms with Gasteiger partial charge in [-0.3, -0.25) is 14.0 Å². The standard InChI is InChI=1S/C29H27N3O3/c1-3-20-12-14-22(15-13-20)26-24(27(33)25-19(2)30-23-11-7-8-17-31(23)25)28(34)29(35)32(26)18-16-21-9-5-4-6-10-21/h4-15,17,26,33H,3,16,18H2,1-2H3. The summed E-state index contributed by atoms with van der Waals surface area (Å²) in [6.45, 7) is 4.23. The van der Waals surface area contributed by atoms with E-state index in [1.165, 1.54) is 0 Å². The van der Waals surface area contributed by atoms with Crippen LogP contribution in [0.5, 0.6) is 0 Å². The summed E-state index contributed by atoms with van der Waals surface area (Å²) in [6, 6.07) is 22.6. The van der Waals surface area contributed by atoms with Gasteiger partial charge in [0.1, 0.15) is 11.3 Å². The molecule has 6 heteroatoms. The number of carbonyl (C=O) groups is 2. The van der Waals surface area contributed by atoms with Gasteiger partial charge in [0.15, 0.2) is 5.76 Å². The summed E-state index contributed by atoms with van der Waals surface area (Å²) in [5, 5.41) is 11.5. The van der Waals surface area contributed by atoms with Crippen LogP contribution in [0.2, 0.25) is 0 Å². The van der Waals surface area contributed by atoms with E-state index in [0.29, 0.717) is 30.0 Å². The number of aliphatic hydroxyl groups excluding tert-OH is 1. The third kappa shape index (κ3) is 4.01. The van der Waals surface area contributed by atoms with Crippen molar-refractivity contribution >= 4 is 23.1 Å². The normalized spacial score (nSPS) is 17.4. The summed E-state index contributed by atoms with van der Waals surface area (Å²) in [4.78, 5) is 32.8. The topological polar surface area (TPSA) is 74.9 Å². The molecular weight excluding hydrogens is 438 g/mol. The van der Waals surface area contributed by atoms with Crippen LogP contribution in [0.25, 0.3) is 11.4 Å². The monoisotopic (exact) mass is 465 g/mol. The van der Waals surface area contributed by atoms with Crippen LogP contribution in [0.15, 0.2) is 84.6 Å². The summed E-state index contributed by atoms with van der Waals surface area (Å²) >= 11 is 0. The number of rotatable bonds is 6. The number of aliphatic hydroxyl groups is 1. The van der Waals surface area contributed by atoms with Gasteiger partial charge in [0.05, 0.1) is 17.3 Å². The number of fused-ring (bicyclic) bond motifs is 1. The Bertz CT molecular complexity index is 1440. The lowest BCUT2D eigenvalue weighted by Gasteiger charge is -2.25. The molecular formula is C29H27N3O3. The molecule has 5 rings (SSSR count). The van der Waals surface area contributed by atoms with Crippen molar-refractivity contribution in [1.82, 2.24) is 14.3 Å². The van der Waals surface area contributed by atoms with Gasteiger partial charge >= 0.3 is 0 Å². The van der Waals surface area contributed by atoms with Gasteiger partial charge in [0.25, 0.3) is 11.7 Å². The predicted molar refractivity (Wildman–Crippen MR) is 135 cm³/mol. The minimum absolute atomic E-state index is 0.0982. The van der Waals surface area contributed by atoms with E-state index in [1.807, 2.05) is 72.8 Å². The van der Waals surface area contributed by atoms with Crippen LogP contribution in [0.3, 0.4) is 0 Å². The van der Waals surface area contributed by atoms with Gasteiger partial charge in [0.2, 0.25) is 0 Å². The van der Waals surface area contributed by atoms with Gasteiger partial charge in [-0.05, 0) is 48.6 Å². The number of ketones is 1. The molecule has 3 heterocycles. The Hall–Kier alpha value is -4.19. The third-order valence-electron chi connectivity index (χ3n) is 6.66. The molecule has 1 saturated heterocycles. The van der Waals surface area contributed by atoms with Gasteiger partial charge in [0, 0.05) is 12.7 Å². The van der Waals surface area contributed by atoms with Crippen molar-refractivity contribution in [3.8, 4) is 0 Å². The van der Waals surface area contributed by atoms with Crippen LogP contribution in [0.1, 0.15) is 41.0 Å². The largest absolute Gasteiger partial charge is 0.505 e. The first kappa shape index (κ1) is 22.6. The molecule has 1 aliphatic heterocycles. The van der Waals surface area contributed by atoms with Crippen molar-refractivity contribution in [3.63, 3.8) is 0 Å². The number of hydrogen-bond donors (Lipinski definition) is 1. The van der Waals surface area contributed by atoms with Crippen molar-refractivity contribution in [2.24, 2.45) is 0 Å². The summed E-state index contributed by atoms with van der Waals surface area (Å²) < 4.78 is 1.75.